The molecular formula is C22H26N4O3. The summed E-state index contributed by atoms with van der Waals surface area (Å²) in [5, 5.41) is 2.89. The highest BCUT2D eigenvalue weighted by molar-refractivity contribution is 6.05. The van der Waals surface area contributed by atoms with Gasteiger partial charge in [0.2, 0.25) is 11.8 Å². The van der Waals surface area contributed by atoms with Gasteiger partial charge in [0.15, 0.2) is 0 Å². The van der Waals surface area contributed by atoms with Crippen LogP contribution in [0.4, 0.5) is 11.4 Å². The fourth-order valence-electron chi connectivity index (χ4n) is 3.66. The quantitative estimate of drug-likeness (QED) is 0.844. The molecule has 4 rings (SSSR count). The van der Waals surface area contributed by atoms with Gasteiger partial charge in [-0.15, -0.1) is 0 Å². The second-order valence-electron chi connectivity index (χ2n) is 7.50. The molecule has 1 aliphatic carbocycles. The first kappa shape index (κ1) is 19.2. The van der Waals surface area contributed by atoms with Crippen LogP contribution in [-0.4, -0.2) is 55.0 Å². The number of benzene rings is 1. The van der Waals surface area contributed by atoms with Crippen molar-refractivity contribution in [2.75, 3.05) is 43.5 Å². The maximum Gasteiger partial charge on any atom is 0.261 e. The van der Waals surface area contributed by atoms with Crippen molar-refractivity contribution in [3.8, 4) is 5.88 Å². The van der Waals surface area contributed by atoms with Gasteiger partial charge >= 0.3 is 0 Å². The second-order valence-corrected chi connectivity index (χ2v) is 7.50. The van der Waals surface area contributed by atoms with Gasteiger partial charge < -0.3 is 19.9 Å². The molecule has 0 atom stereocenters. The highest BCUT2D eigenvalue weighted by atomic mass is 16.5. The predicted octanol–water partition coefficient (Wildman–Crippen LogP) is 2.79. The van der Waals surface area contributed by atoms with Crippen LogP contribution in [0.3, 0.4) is 0 Å². The molecule has 152 valence electrons. The Kier molecular flexibility index (Phi) is 5.64. The van der Waals surface area contributed by atoms with E-state index < -0.39 is 0 Å². The minimum atomic E-state index is -0.258. The number of carbonyl (C=O) groups excluding carboxylic acids is 2. The van der Waals surface area contributed by atoms with E-state index in [1.165, 1.54) is 7.11 Å². The second kappa shape index (κ2) is 8.51. The van der Waals surface area contributed by atoms with Gasteiger partial charge in [-0.2, -0.15) is 0 Å². The van der Waals surface area contributed by atoms with E-state index in [0.29, 0.717) is 23.0 Å². The lowest BCUT2D eigenvalue weighted by atomic mass is 10.2. The smallest absolute Gasteiger partial charge is 0.261 e. The Labute approximate surface area is 170 Å². The molecule has 7 nitrogen and oxygen atoms in total. The number of nitrogens with one attached hydrogen (secondary N) is 1. The number of hydrogen-bond donors (Lipinski definition) is 1. The molecule has 1 saturated heterocycles. The van der Waals surface area contributed by atoms with Gasteiger partial charge in [-0.05, 0) is 55.7 Å². The zero-order valence-electron chi connectivity index (χ0n) is 16.6. The molecule has 2 amide bonds. The molecule has 0 radical (unpaired) electrons. The number of pyridine rings is 1. The van der Waals surface area contributed by atoms with Crippen LogP contribution in [0.25, 0.3) is 0 Å². The molecule has 2 heterocycles. The van der Waals surface area contributed by atoms with Crippen molar-refractivity contribution in [2.24, 2.45) is 5.92 Å². The normalized spacial score (nSPS) is 16.9. The van der Waals surface area contributed by atoms with Gasteiger partial charge in [0.1, 0.15) is 5.56 Å². The van der Waals surface area contributed by atoms with Crippen LogP contribution in [0.1, 0.15) is 29.6 Å². The van der Waals surface area contributed by atoms with Crippen molar-refractivity contribution in [1.82, 2.24) is 9.88 Å². The fourth-order valence-corrected chi connectivity index (χ4v) is 3.66. The van der Waals surface area contributed by atoms with Crippen LogP contribution in [0, 0.1) is 5.92 Å². The molecular weight excluding hydrogens is 368 g/mol. The van der Waals surface area contributed by atoms with Crippen LogP contribution >= 0.6 is 0 Å². The summed E-state index contributed by atoms with van der Waals surface area (Å²) in [6, 6.07) is 11.2. The lowest BCUT2D eigenvalue weighted by Gasteiger charge is -2.24. The van der Waals surface area contributed by atoms with Gasteiger partial charge in [-0.25, -0.2) is 4.98 Å². The Morgan fingerprint density at radius 3 is 2.59 bits per heavy atom. The van der Waals surface area contributed by atoms with E-state index in [1.54, 1.807) is 18.3 Å². The number of amides is 2. The van der Waals surface area contributed by atoms with Crippen molar-refractivity contribution in [2.45, 2.75) is 19.3 Å². The lowest BCUT2D eigenvalue weighted by Crippen LogP contribution is -2.36. The van der Waals surface area contributed by atoms with Crippen molar-refractivity contribution < 1.29 is 14.3 Å². The van der Waals surface area contributed by atoms with Crippen LogP contribution in [0.15, 0.2) is 42.6 Å². The Morgan fingerprint density at radius 1 is 1.07 bits per heavy atom. The molecule has 0 spiro atoms. The molecule has 0 bridgehead atoms. The minimum Gasteiger partial charge on any atom is -0.480 e. The Balaban J connectivity index is 1.37. The largest absolute Gasteiger partial charge is 0.480 e. The molecule has 2 aromatic rings. The van der Waals surface area contributed by atoms with Crippen LogP contribution in [0.5, 0.6) is 5.88 Å². The number of anilines is 2. The molecule has 1 N–H and O–H groups in total. The molecule has 2 aliphatic rings. The summed E-state index contributed by atoms with van der Waals surface area (Å²) in [4.78, 5) is 33.2. The summed E-state index contributed by atoms with van der Waals surface area (Å²) in [5.41, 5.74) is 2.21. The summed E-state index contributed by atoms with van der Waals surface area (Å²) >= 11 is 0. The van der Waals surface area contributed by atoms with E-state index in [4.69, 9.17) is 4.74 Å². The third-order valence-corrected chi connectivity index (χ3v) is 5.43. The third-order valence-electron chi connectivity index (χ3n) is 5.43. The van der Waals surface area contributed by atoms with Crippen LogP contribution < -0.4 is 15.0 Å². The number of aromatic nitrogens is 1. The summed E-state index contributed by atoms with van der Waals surface area (Å²) in [6.45, 7) is 3.37. The van der Waals surface area contributed by atoms with E-state index >= 15 is 0 Å². The SMILES string of the molecule is COc1ncccc1C(=O)Nc1ccc(N2CCCN(C(=O)C3CC3)CC2)cc1. The van der Waals surface area contributed by atoms with Gasteiger partial charge in [0.25, 0.3) is 5.91 Å². The van der Waals surface area contributed by atoms with E-state index in [9.17, 15) is 9.59 Å². The fraction of sp³-hybridized carbons (Fsp3) is 0.409. The Bertz CT molecular complexity index is 880. The number of carbonyl (C=O) groups is 2. The van der Waals surface area contributed by atoms with E-state index in [0.717, 1.165) is 51.1 Å². The van der Waals surface area contributed by atoms with E-state index in [-0.39, 0.29) is 11.8 Å². The van der Waals surface area contributed by atoms with Gasteiger partial charge in [0.05, 0.1) is 7.11 Å². The molecule has 1 aromatic heterocycles. The molecule has 7 heteroatoms. The van der Waals surface area contributed by atoms with Crippen LogP contribution in [-0.2, 0) is 4.79 Å². The van der Waals surface area contributed by atoms with Crippen molar-refractivity contribution in [3.05, 3.63) is 48.2 Å². The molecule has 29 heavy (non-hydrogen) atoms. The monoisotopic (exact) mass is 394 g/mol. The summed E-state index contributed by atoms with van der Waals surface area (Å²) in [5.74, 6) is 0.654. The maximum absolute atomic E-state index is 12.5. The summed E-state index contributed by atoms with van der Waals surface area (Å²) in [7, 11) is 1.49. The van der Waals surface area contributed by atoms with Gasteiger partial charge in [0, 0.05) is 49.7 Å². The first-order valence-electron chi connectivity index (χ1n) is 10.1. The zero-order chi connectivity index (χ0) is 20.2. The van der Waals surface area contributed by atoms with E-state index in [2.05, 4.69) is 15.2 Å². The number of nitrogens with zero attached hydrogens (tertiary/aromatic N) is 3. The molecule has 0 unspecified atom stereocenters. The zero-order valence-corrected chi connectivity index (χ0v) is 16.6. The molecule has 1 aromatic carbocycles. The number of methoxy groups -OCH3 is 1. The number of hydrogen-bond acceptors (Lipinski definition) is 5. The van der Waals surface area contributed by atoms with Gasteiger partial charge in [-0.3, -0.25) is 9.59 Å². The summed E-state index contributed by atoms with van der Waals surface area (Å²) < 4.78 is 5.15. The number of ether oxygens (including phenoxy) is 1. The Hall–Kier alpha value is -3.09. The predicted molar refractivity (Wildman–Crippen MR) is 111 cm³/mol. The number of rotatable bonds is 5. The lowest BCUT2D eigenvalue weighted by molar-refractivity contribution is -0.132. The topological polar surface area (TPSA) is 74.8 Å². The highest BCUT2D eigenvalue weighted by Crippen LogP contribution is 2.31. The van der Waals surface area contributed by atoms with Crippen molar-refractivity contribution in [1.29, 1.82) is 0 Å². The van der Waals surface area contributed by atoms with E-state index in [1.807, 2.05) is 29.2 Å². The summed E-state index contributed by atoms with van der Waals surface area (Å²) in [6.07, 6.45) is 4.66. The van der Waals surface area contributed by atoms with Crippen molar-refractivity contribution in [3.63, 3.8) is 0 Å². The van der Waals surface area contributed by atoms with Crippen molar-refractivity contribution >= 4 is 23.2 Å². The first-order chi connectivity index (χ1) is 14.2. The highest BCUT2D eigenvalue weighted by Gasteiger charge is 2.33. The standard InChI is InChI=1S/C22H26N4O3/c1-29-21-19(4-2-11-23-21)20(27)24-17-7-9-18(10-8-17)25-12-3-13-26(15-14-25)22(28)16-5-6-16/h2,4,7-11,16H,3,5-6,12-15H2,1H3,(H,24,27). The van der Waals surface area contributed by atoms with Gasteiger partial charge in [-0.1, -0.05) is 0 Å². The van der Waals surface area contributed by atoms with Crippen LogP contribution in [0.2, 0.25) is 0 Å². The molecule has 2 fully saturated rings. The minimum absolute atomic E-state index is 0.258. The average molecular weight is 394 g/mol. The third kappa shape index (κ3) is 4.50. The maximum atomic E-state index is 12.5. The average Bonchev–Trinajstić information content (AvgIpc) is 3.61. The first-order valence-corrected chi connectivity index (χ1v) is 10.1. The molecule has 1 aliphatic heterocycles. The molecule has 1 saturated carbocycles. The Morgan fingerprint density at radius 2 is 1.86 bits per heavy atom.